The first-order valence-electron chi connectivity index (χ1n) is 3.86. The zero-order valence-electron chi connectivity index (χ0n) is 7.82. The lowest BCUT2D eigenvalue weighted by molar-refractivity contribution is -0.119. The molecule has 0 unspecified atom stereocenters. The Morgan fingerprint density at radius 1 is 1.57 bits per heavy atom. The highest BCUT2D eigenvalue weighted by Crippen LogP contribution is 2.11. The second-order valence-electron chi connectivity index (χ2n) is 2.61. The largest absolute Gasteiger partial charge is 0.399 e. The predicted octanol–water partition coefficient (Wildman–Crippen LogP) is 1.28. The molecular weight excluding hydrogens is 204 g/mol. The second kappa shape index (κ2) is 6.23. The number of anilines is 2. The first kappa shape index (κ1) is 12.7. The van der Waals surface area contributed by atoms with Gasteiger partial charge in [-0.2, -0.15) is 0 Å². The molecule has 0 aliphatic heterocycles. The Bertz CT molecular complexity index is 305. The molecule has 0 saturated heterocycles. The fraction of sp³-hybridized carbons (Fsp3) is 0.222. The van der Waals surface area contributed by atoms with Crippen LogP contribution in [0.25, 0.3) is 0 Å². The zero-order valence-corrected chi connectivity index (χ0v) is 8.64. The molecule has 4 nitrogen and oxygen atoms in total. The number of carbonyl (C=O) groups is 1. The van der Waals surface area contributed by atoms with E-state index >= 15 is 0 Å². The van der Waals surface area contributed by atoms with Crippen molar-refractivity contribution in [2.75, 3.05) is 24.8 Å². The fourth-order valence-corrected chi connectivity index (χ4v) is 0.945. The Morgan fingerprint density at radius 3 is 2.86 bits per heavy atom. The van der Waals surface area contributed by atoms with Gasteiger partial charge in [0.15, 0.2) is 0 Å². The predicted molar refractivity (Wildman–Crippen MR) is 58.6 cm³/mol. The monoisotopic (exact) mass is 216 g/mol. The van der Waals surface area contributed by atoms with Gasteiger partial charge in [-0.3, -0.25) is 4.79 Å². The fourth-order valence-electron chi connectivity index (χ4n) is 0.945. The Kier molecular flexibility index (Phi) is 5.67. The molecule has 1 aromatic rings. The lowest BCUT2D eigenvalue weighted by atomic mass is 10.3. The van der Waals surface area contributed by atoms with Gasteiger partial charge >= 0.3 is 0 Å². The van der Waals surface area contributed by atoms with Crippen molar-refractivity contribution in [2.45, 2.75) is 0 Å². The molecular formula is C9H13ClN2O2. The molecule has 0 aliphatic carbocycles. The lowest BCUT2D eigenvalue weighted by Crippen LogP contribution is -2.17. The second-order valence-corrected chi connectivity index (χ2v) is 2.61. The molecule has 0 atom stereocenters. The van der Waals surface area contributed by atoms with Crippen LogP contribution in [-0.2, 0) is 9.53 Å². The maximum atomic E-state index is 11.0. The van der Waals surface area contributed by atoms with Crippen LogP contribution in [0.1, 0.15) is 0 Å². The van der Waals surface area contributed by atoms with E-state index in [-0.39, 0.29) is 24.9 Å². The molecule has 0 fully saturated rings. The quantitative estimate of drug-likeness (QED) is 0.748. The normalized spacial score (nSPS) is 8.93. The van der Waals surface area contributed by atoms with E-state index < -0.39 is 0 Å². The van der Waals surface area contributed by atoms with Crippen molar-refractivity contribution in [3.63, 3.8) is 0 Å². The maximum absolute atomic E-state index is 11.0. The average molecular weight is 217 g/mol. The summed E-state index contributed by atoms with van der Waals surface area (Å²) in [5.41, 5.74) is 6.83. The van der Waals surface area contributed by atoms with E-state index in [2.05, 4.69) is 10.1 Å². The molecule has 1 amide bonds. The van der Waals surface area contributed by atoms with Crippen LogP contribution >= 0.6 is 12.4 Å². The number of nitrogens with one attached hydrogen (secondary N) is 1. The number of hydrogen-bond donors (Lipinski definition) is 2. The summed E-state index contributed by atoms with van der Waals surface area (Å²) in [4.78, 5) is 11.0. The first-order chi connectivity index (χ1) is 6.22. The van der Waals surface area contributed by atoms with Crippen LogP contribution in [0.4, 0.5) is 11.4 Å². The van der Waals surface area contributed by atoms with Crippen molar-refractivity contribution in [2.24, 2.45) is 0 Å². The molecule has 0 saturated carbocycles. The third-order valence-corrected chi connectivity index (χ3v) is 1.45. The van der Waals surface area contributed by atoms with Crippen molar-refractivity contribution in [3.05, 3.63) is 24.3 Å². The highest BCUT2D eigenvalue weighted by Gasteiger charge is 2.00. The Balaban J connectivity index is 0.00000169. The van der Waals surface area contributed by atoms with Crippen molar-refractivity contribution < 1.29 is 9.53 Å². The van der Waals surface area contributed by atoms with E-state index in [1.807, 2.05) is 0 Å². The van der Waals surface area contributed by atoms with E-state index in [4.69, 9.17) is 5.73 Å². The number of ether oxygens (including phenoxy) is 1. The number of nitrogens with two attached hydrogens (primary N) is 1. The highest BCUT2D eigenvalue weighted by atomic mass is 35.5. The van der Waals surface area contributed by atoms with E-state index in [1.165, 1.54) is 7.11 Å². The molecule has 0 aromatic heterocycles. The number of hydrogen-bond acceptors (Lipinski definition) is 3. The molecule has 3 N–H and O–H groups in total. The minimum absolute atomic E-state index is 0. The topological polar surface area (TPSA) is 64.3 Å². The van der Waals surface area contributed by atoms with Gasteiger partial charge < -0.3 is 15.8 Å². The number of halogens is 1. The number of rotatable bonds is 3. The van der Waals surface area contributed by atoms with Crippen LogP contribution in [0.5, 0.6) is 0 Å². The molecule has 0 spiro atoms. The maximum Gasteiger partial charge on any atom is 0.250 e. The number of benzene rings is 1. The number of nitrogen functional groups attached to an aromatic ring is 1. The lowest BCUT2D eigenvalue weighted by Gasteiger charge is -2.04. The molecule has 0 radical (unpaired) electrons. The molecule has 1 aromatic carbocycles. The molecule has 0 bridgehead atoms. The molecule has 5 heteroatoms. The number of amides is 1. The van der Waals surface area contributed by atoms with Crippen molar-refractivity contribution in [1.82, 2.24) is 0 Å². The van der Waals surface area contributed by atoms with E-state index in [1.54, 1.807) is 24.3 Å². The molecule has 0 aliphatic rings. The van der Waals surface area contributed by atoms with Gasteiger partial charge in [0.1, 0.15) is 6.61 Å². The summed E-state index contributed by atoms with van der Waals surface area (Å²) in [6, 6.07) is 6.99. The third kappa shape index (κ3) is 4.11. The van der Waals surface area contributed by atoms with E-state index in [0.717, 1.165) is 0 Å². The SMILES string of the molecule is COCC(=O)Nc1cccc(N)c1.Cl. The van der Waals surface area contributed by atoms with Crippen LogP contribution in [-0.4, -0.2) is 19.6 Å². The molecule has 0 heterocycles. The van der Waals surface area contributed by atoms with Gasteiger partial charge in [-0.05, 0) is 18.2 Å². The summed E-state index contributed by atoms with van der Waals surface area (Å²) in [7, 11) is 1.47. The summed E-state index contributed by atoms with van der Waals surface area (Å²) in [6.07, 6.45) is 0. The van der Waals surface area contributed by atoms with Gasteiger partial charge in [-0.1, -0.05) is 6.07 Å². The number of methoxy groups -OCH3 is 1. The Hall–Kier alpha value is -1.26. The van der Waals surface area contributed by atoms with E-state index in [0.29, 0.717) is 11.4 Å². The Labute approximate surface area is 88.8 Å². The minimum Gasteiger partial charge on any atom is -0.399 e. The van der Waals surface area contributed by atoms with Crippen LogP contribution in [0.15, 0.2) is 24.3 Å². The van der Waals surface area contributed by atoms with Gasteiger partial charge in [0.05, 0.1) is 0 Å². The van der Waals surface area contributed by atoms with Crippen LogP contribution < -0.4 is 11.1 Å². The summed E-state index contributed by atoms with van der Waals surface area (Å²) in [5.74, 6) is -0.187. The molecule has 1 rings (SSSR count). The molecule has 14 heavy (non-hydrogen) atoms. The summed E-state index contributed by atoms with van der Waals surface area (Å²) in [5, 5.41) is 2.64. The van der Waals surface area contributed by atoms with Gasteiger partial charge in [0.2, 0.25) is 5.91 Å². The first-order valence-corrected chi connectivity index (χ1v) is 3.86. The average Bonchev–Trinajstić information content (AvgIpc) is 2.04. The smallest absolute Gasteiger partial charge is 0.250 e. The van der Waals surface area contributed by atoms with Gasteiger partial charge in [0.25, 0.3) is 0 Å². The highest BCUT2D eigenvalue weighted by molar-refractivity contribution is 5.92. The van der Waals surface area contributed by atoms with Crippen molar-refractivity contribution in [1.29, 1.82) is 0 Å². The van der Waals surface area contributed by atoms with Gasteiger partial charge in [0, 0.05) is 18.5 Å². The van der Waals surface area contributed by atoms with E-state index in [9.17, 15) is 4.79 Å². The van der Waals surface area contributed by atoms with Crippen LogP contribution in [0.3, 0.4) is 0 Å². The minimum atomic E-state index is -0.187. The van der Waals surface area contributed by atoms with Crippen molar-refractivity contribution in [3.8, 4) is 0 Å². The summed E-state index contributed by atoms with van der Waals surface area (Å²) >= 11 is 0. The van der Waals surface area contributed by atoms with Gasteiger partial charge in [-0.25, -0.2) is 0 Å². The zero-order chi connectivity index (χ0) is 9.68. The Morgan fingerprint density at radius 2 is 2.29 bits per heavy atom. The van der Waals surface area contributed by atoms with Crippen LogP contribution in [0.2, 0.25) is 0 Å². The number of carbonyl (C=O) groups excluding carboxylic acids is 1. The van der Waals surface area contributed by atoms with Crippen LogP contribution in [0, 0.1) is 0 Å². The van der Waals surface area contributed by atoms with Gasteiger partial charge in [-0.15, -0.1) is 12.4 Å². The standard InChI is InChI=1S/C9H12N2O2.ClH/c1-13-6-9(12)11-8-4-2-3-7(10)5-8;/h2-5H,6,10H2,1H3,(H,11,12);1H. The molecule has 78 valence electrons. The van der Waals surface area contributed by atoms with Crippen molar-refractivity contribution >= 4 is 29.7 Å². The summed E-state index contributed by atoms with van der Waals surface area (Å²) in [6.45, 7) is 0.0504. The summed E-state index contributed by atoms with van der Waals surface area (Å²) < 4.78 is 4.66. The third-order valence-electron chi connectivity index (χ3n) is 1.45.